The van der Waals surface area contributed by atoms with Gasteiger partial charge in [-0.25, -0.2) is 0 Å². The van der Waals surface area contributed by atoms with Crippen molar-refractivity contribution in [3.63, 3.8) is 0 Å². The van der Waals surface area contributed by atoms with Gasteiger partial charge in [-0.05, 0) is 58.7 Å². The van der Waals surface area contributed by atoms with E-state index in [1.807, 2.05) is 0 Å². The quantitative estimate of drug-likeness (QED) is 0.716. The molecular weight excluding hydrogens is 208 g/mol. The highest BCUT2D eigenvalue weighted by molar-refractivity contribution is 5.03. The zero-order valence-electron chi connectivity index (χ0n) is 12.1. The van der Waals surface area contributed by atoms with Gasteiger partial charge in [0, 0.05) is 11.6 Å². The molecule has 17 heavy (non-hydrogen) atoms. The van der Waals surface area contributed by atoms with Crippen LogP contribution >= 0.6 is 0 Å². The number of likely N-dealkylation sites (N-methyl/N-ethyl adjacent to an activating group) is 2. The molecule has 1 N–H and O–H groups in total. The van der Waals surface area contributed by atoms with Gasteiger partial charge in [0.2, 0.25) is 0 Å². The second kappa shape index (κ2) is 6.55. The second-order valence-electron chi connectivity index (χ2n) is 5.82. The summed E-state index contributed by atoms with van der Waals surface area (Å²) < 4.78 is 0. The molecule has 0 radical (unpaired) electrons. The molecule has 0 bridgehead atoms. The number of rotatable bonds is 6. The van der Waals surface area contributed by atoms with Gasteiger partial charge in [-0.15, -0.1) is 6.58 Å². The normalized spacial score (nSPS) is 31.5. The molecule has 1 fully saturated rings. The molecule has 1 saturated carbocycles. The largest absolute Gasteiger partial charge is 0.312 e. The molecule has 0 amide bonds. The molecule has 2 heteroatoms. The van der Waals surface area contributed by atoms with Crippen molar-refractivity contribution in [1.29, 1.82) is 0 Å². The molecule has 0 aromatic carbocycles. The van der Waals surface area contributed by atoms with Crippen LogP contribution in [0.2, 0.25) is 0 Å². The fourth-order valence-corrected chi connectivity index (χ4v) is 3.28. The highest BCUT2D eigenvalue weighted by Crippen LogP contribution is 2.38. The van der Waals surface area contributed by atoms with Crippen LogP contribution in [0.25, 0.3) is 0 Å². The summed E-state index contributed by atoms with van der Waals surface area (Å²) in [6.45, 7) is 9.55. The number of nitrogens with zero attached hydrogens (tertiary/aromatic N) is 1. The van der Waals surface area contributed by atoms with Crippen molar-refractivity contribution in [2.45, 2.75) is 57.5 Å². The average molecular weight is 238 g/mol. The van der Waals surface area contributed by atoms with Gasteiger partial charge < -0.3 is 10.2 Å². The van der Waals surface area contributed by atoms with E-state index in [1.165, 1.54) is 25.7 Å². The summed E-state index contributed by atoms with van der Waals surface area (Å²) >= 11 is 0. The lowest BCUT2D eigenvalue weighted by molar-refractivity contribution is 0.0449. The van der Waals surface area contributed by atoms with Gasteiger partial charge in [0.15, 0.2) is 0 Å². The first kappa shape index (κ1) is 14.7. The molecule has 1 atom stereocenters. The van der Waals surface area contributed by atoms with E-state index in [-0.39, 0.29) is 0 Å². The Labute approximate surface area is 107 Å². The highest BCUT2D eigenvalue weighted by Gasteiger charge is 2.41. The maximum Gasteiger partial charge on any atom is 0.0359 e. The predicted molar refractivity (Wildman–Crippen MR) is 76.3 cm³/mol. The summed E-state index contributed by atoms with van der Waals surface area (Å²) in [5.41, 5.74) is 0.330. The maximum absolute atomic E-state index is 3.92. The first-order valence-corrected chi connectivity index (χ1v) is 7.08. The van der Waals surface area contributed by atoms with E-state index in [0.717, 1.165) is 18.9 Å². The molecular formula is C15H30N2. The van der Waals surface area contributed by atoms with Crippen molar-refractivity contribution in [1.82, 2.24) is 10.2 Å². The van der Waals surface area contributed by atoms with Crippen molar-refractivity contribution >= 4 is 0 Å². The summed E-state index contributed by atoms with van der Waals surface area (Å²) in [6, 6.07) is 0.549. The molecule has 2 nitrogen and oxygen atoms in total. The van der Waals surface area contributed by atoms with Gasteiger partial charge in [-0.1, -0.05) is 19.9 Å². The third-order valence-electron chi connectivity index (χ3n) is 4.53. The Morgan fingerprint density at radius 2 is 2.00 bits per heavy atom. The zero-order chi connectivity index (χ0) is 12.9. The SMILES string of the molecule is C=CCC(NCC)C1(N(C)C)CCC(C)CC1. The van der Waals surface area contributed by atoms with Crippen molar-refractivity contribution in [3.05, 3.63) is 12.7 Å². The third-order valence-corrected chi connectivity index (χ3v) is 4.53. The fourth-order valence-electron chi connectivity index (χ4n) is 3.28. The van der Waals surface area contributed by atoms with Crippen LogP contribution < -0.4 is 5.32 Å². The van der Waals surface area contributed by atoms with E-state index in [4.69, 9.17) is 0 Å². The van der Waals surface area contributed by atoms with Crippen LogP contribution in [0.3, 0.4) is 0 Å². The van der Waals surface area contributed by atoms with Crippen LogP contribution in [-0.4, -0.2) is 37.1 Å². The first-order chi connectivity index (χ1) is 8.06. The smallest absolute Gasteiger partial charge is 0.0359 e. The van der Waals surface area contributed by atoms with E-state index in [0.29, 0.717) is 11.6 Å². The average Bonchev–Trinajstić information content (AvgIpc) is 2.30. The Hall–Kier alpha value is -0.340. The summed E-state index contributed by atoms with van der Waals surface area (Å²) in [5, 5.41) is 3.68. The molecule has 0 spiro atoms. The van der Waals surface area contributed by atoms with Crippen molar-refractivity contribution in [2.75, 3.05) is 20.6 Å². The molecule has 0 saturated heterocycles. The topological polar surface area (TPSA) is 15.3 Å². The lowest BCUT2D eigenvalue weighted by atomic mass is 9.71. The van der Waals surface area contributed by atoms with Gasteiger partial charge in [0.05, 0.1) is 0 Å². The molecule has 0 heterocycles. The Balaban J connectivity index is 2.84. The molecule has 1 aliphatic carbocycles. The lowest BCUT2D eigenvalue weighted by Gasteiger charge is -2.50. The summed E-state index contributed by atoms with van der Waals surface area (Å²) in [5.74, 6) is 0.897. The van der Waals surface area contributed by atoms with E-state index < -0.39 is 0 Å². The van der Waals surface area contributed by atoms with Crippen LogP contribution in [0.4, 0.5) is 0 Å². The minimum absolute atomic E-state index is 0.330. The van der Waals surface area contributed by atoms with E-state index in [2.05, 4.69) is 50.8 Å². The Kier molecular flexibility index (Phi) is 5.68. The highest BCUT2D eigenvalue weighted by atomic mass is 15.2. The fraction of sp³-hybridized carbons (Fsp3) is 0.867. The van der Waals surface area contributed by atoms with Gasteiger partial charge in [-0.3, -0.25) is 0 Å². The zero-order valence-corrected chi connectivity index (χ0v) is 12.1. The van der Waals surface area contributed by atoms with Crippen molar-refractivity contribution in [3.8, 4) is 0 Å². The molecule has 100 valence electrons. The van der Waals surface area contributed by atoms with Crippen LogP contribution in [0.15, 0.2) is 12.7 Å². The number of hydrogen-bond acceptors (Lipinski definition) is 2. The van der Waals surface area contributed by atoms with Crippen LogP contribution in [-0.2, 0) is 0 Å². The molecule has 0 aromatic heterocycles. The van der Waals surface area contributed by atoms with E-state index >= 15 is 0 Å². The van der Waals surface area contributed by atoms with Crippen molar-refractivity contribution < 1.29 is 0 Å². The molecule has 1 aliphatic rings. The lowest BCUT2D eigenvalue weighted by Crippen LogP contribution is -2.60. The van der Waals surface area contributed by atoms with Crippen molar-refractivity contribution in [2.24, 2.45) is 5.92 Å². The minimum atomic E-state index is 0.330. The standard InChI is InChI=1S/C15H30N2/c1-6-8-14(16-7-2)15(17(4)5)11-9-13(3)10-12-15/h6,13-14,16H,1,7-12H2,2-5H3. The minimum Gasteiger partial charge on any atom is -0.312 e. The molecule has 0 aliphatic heterocycles. The molecule has 0 aromatic rings. The molecule has 1 unspecified atom stereocenters. The molecule has 1 rings (SSSR count). The predicted octanol–water partition coefficient (Wildman–Crippen LogP) is 3.05. The number of hydrogen-bond donors (Lipinski definition) is 1. The second-order valence-corrected chi connectivity index (χ2v) is 5.82. The van der Waals surface area contributed by atoms with E-state index in [9.17, 15) is 0 Å². The van der Waals surface area contributed by atoms with Gasteiger partial charge in [0.1, 0.15) is 0 Å². The summed E-state index contributed by atoms with van der Waals surface area (Å²) in [6.07, 6.45) is 8.48. The third kappa shape index (κ3) is 3.32. The van der Waals surface area contributed by atoms with Crippen LogP contribution in [0, 0.1) is 5.92 Å². The maximum atomic E-state index is 3.92. The Morgan fingerprint density at radius 1 is 1.41 bits per heavy atom. The monoisotopic (exact) mass is 238 g/mol. The van der Waals surface area contributed by atoms with Gasteiger partial charge in [0.25, 0.3) is 0 Å². The summed E-state index contributed by atoms with van der Waals surface area (Å²) in [4.78, 5) is 2.45. The van der Waals surface area contributed by atoms with Gasteiger partial charge in [-0.2, -0.15) is 0 Å². The first-order valence-electron chi connectivity index (χ1n) is 7.08. The van der Waals surface area contributed by atoms with E-state index in [1.54, 1.807) is 0 Å². The summed E-state index contributed by atoms with van der Waals surface area (Å²) in [7, 11) is 4.48. The van der Waals surface area contributed by atoms with Gasteiger partial charge >= 0.3 is 0 Å². The Bertz CT molecular complexity index is 227. The van der Waals surface area contributed by atoms with Crippen LogP contribution in [0.1, 0.15) is 46.0 Å². The van der Waals surface area contributed by atoms with Crippen LogP contribution in [0.5, 0.6) is 0 Å². The Morgan fingerprint density at radius 3 is 2.41 bits per heavy atom. The number of nitrogens with one attached hydrogen (secondary N) is 1.